The monoisotopic (exact) mass is 234 g/mol. The Morgan fingerprint density at radius 1 is 1.47 bits per heavy atom. The Bertz CT molecular complexity index is 390. The average molecular weight is 234 g/mol. The Balaban J connectivity index is 2.23. The van der Waals surface area contributed by atoms with Crippen molar-refractivity contribution < 1.29 is 4.74 Å². The molecule has 2 N–H and O–H groups in total. The van der Waals surface area contributed by atoms with Crippen LogP contribution >= 0.6 is 0 Å². The lowest BCUT2D eigenvalue weighted by molar-refractivity contribution is 0.212. The van der Waals surface area contributed by atoms with E-state index in [9.17, 15) is 0 Å². The van der Waals surface area contributed by atoms with Crippen molar-refractivity contribution in [3.8, 4) is 5.75 Å². The van der Waals surface area contributed by atoms with Gasteiger partial charge in [-0.2, -0.15) is 0 Å². The predicted molar refractivity (Wildman–Crippen MR) is 72.6 cm³/mol. The van der Waals surface area contributed by atoms with Crippen molar-refractivity contribution in [3.05, 3.63) is 18.2 Å². The van der Waals surface area contributed by atoms with E-state index in [1.807, 2.05) is 18.2 Å². The van der Waals surface area contributed by atoms with Crippen LogP contribution in [0.4, 0.5) is 11.4 Å². The Morgan fingerprint density at radius 3 is 2.94 bits per heavy atom. The molecule has 1 aliphatic rings. The van der Waals surface area contributed by atoms with Gasteiger partial charge in [-0.15, -0.1) is 0 Å². The molecule has 17 heavy (non-hydrogen) atoms. The maximum atomic E-state index is 6.06. The SMILES string of the molecule is CC(C)CCN1CC(C)Oc2cccc(N)c21. The number of anilines is 2. The van der Waals surface area contributed by atoms with Gasteiger partial charge in [0.25, 0.3) is 0 Å². The summed E-state index contributed by atoms with van der Waals surface area (Å²) in [4.78, 5) is 2.36. The van der Waals surface area contributed by atoms with Gasteiger partial charge in [0, 0.05) is 6.54 Å². The Labute approximate surface area is 104 Å². The third kappa shape index (κ3) is 2.65. The molecule has 1 heterocycles. The molecule has 1 aromatic rings. The fourth-order valence-electron chi connectivity index (χ4n) is 2.25. The highest BCUT2D eigenvalue weighted by atomic mass is 16.5. The number of para-hydroxylation sites is 1. The molecule has 0 saturated heterocycles. The average Bonchev–Trinajstić information content (AvgIpc) is 2.25. The Kier molecular flexibility index (Phi) is 3.46. The van der Waals surface area contributed by atoms with E-state index in [4.69, 9.17) is 10.5 Å². The van der Waals surface area contributed by atoms with Crippen LogP contribution in [0, 0.1) is 5.92 Å². The lowest BCUT2D eigenvalue weighted by Crippen LogP contribution is -2.39. The molecule has 1 unspecified atom stereocenters. The van der Waals surface area contributed by atoms with E-state index in [-0.39, 0.29) is 6.10 Å². The summed E-state index contributed by atoms with van der Waals surface area (Å²) in [6.45, 7) is 8.58. The Morgan fingerprint density at radius 2 is 2.24 bits per heavy atom. The third-order valence-corrected chi connectivity index (χ3v) is 3.13. The van der Waals surface area contributed by atoms with E-state index in [0.29, 0.717) is 5.92 Å². The molecular formula is C14H22N2O. The first kappa shape index (κ1) is 12.1. The summed E-state index contributed by atoms with van der Waals surface area (Å²) in [5.41, 5.74) is 7.95. The number of hydrogen-bond acceptors (Lipinski definition) is 3. The molecule has 1 atom stereocenters. The standard InChI is InChI=1S/C14H22N2O/c1-10(2)7-8-16-9-11(3)17-13-6-4-5-12(15)14(13)16/h4-6,10-11H,7-9,15H2,1-3H3. The molecule has 94 valence electrons. The normalized spacial score (nSPS) is 19.1. The fourth-order valence-corrected chi connectivity index (χ4v) is 2.25. The number of fused-ring (bicyclic) bond motifs is 1. The summed E-state index contributed by atoms with van der Waals surface area (Å²) in [5, 5.41) is 0. The molecule has 0 saturated carbocycles. The third-order valence-electron chi connectivity index (χ3n) is 3.13. The van der Waals surface area contributed by atoms with Gasteiger partial charge in [-0.3, -0.25) is 0 Å². The van der Waals surface area contributed by atoms with Gasteiger partial charge in [0.05, 0.1) is 12.2 Å². The van der Waals surface area contributed by atoms with Gasteiger partial charge in [0.1, 0.15) is 17.5 Å². The molecule has 0 amide bonds. The van der Waals surface area contributed by atoms with E-state index in [1.165, 1.54) is 6.42 Å². The smallest absolute Gasteiger partial charge is 0.145 e. The number of benzene rings is 1. The van der Waals surface area contributed by atoms with Crippen LogP contribution in [0.2, 0.25) is 0 Å². The summed E-state index contributed by atoms with van der Waals surface area (Å²) < 4.78 is 5.83. The molecule has 3 nitrogen and oxygen atoms in total. The van der Waals surface area contributed by atoms with E-state index >= 15 is 0 Å². The van der Waals surface area contributed by atoms with Crippen LogP contribution < -0.4 is 15.4 Å². The van der Waals surface area contributed by atoms with Gasteiger partial charge in [0.2, 0.25) is 0 Å². The number of nitrogens with zero attached hydrogens (tertiary/aromatic N) is 1. The number of rotatable bonds is 3. The van der Waals surface area contributed by atoms with E-state index in [2.05, 4.69) is 25.7 Å². The van der Waals surface area contributed by atoms with Crippen LogP contribution in [-0.2, 0) is 0 Å². The largest absolute Gasteiger partial charge is 0.487 e. The van der Waals surface area contributed by atoms with Gasteiger partial charge in [0.15, 0.2) is 0 Å². The zero-order valence-corrected chi connectivity index (χ0v) is 10.9. The van der Waals surface area contributed by atoms with Crippen LogP contribution in [0.25, 0.3) is 0 Å². The highest BCUT2D eigenvalue weighted by Crippen LogP contribution is 2.38. The van der Waals surface area contributed by atoms with Crippen LogP contribution in [0.15, 0.2) is 18.2 Å². The lowest BCUT2D eigenvalue weighted by Gasteiger charge is -2.36. The fraction of sp³-hybridized carbons (Fsp3) is 0.571. The minimum atomic E-state index is 0.233. The summed E-state index contributed by atoms with van der Waals surface area (Å²) in [6, 6.07) is 5.90. The van der Waals surface area contributed by atoms with Crippen LogP contribution in [0.5, 0.6) is 5.75 Å². The lowest BCUT2D eigenvalue weighted by atomic mass is 10.1. The van der Waals surface area contributed by atoms with E-state index < -0.39 is 0 Å². The van der Waals surface area contributed by atoms with Crippen molar-refractivity contribution in [3.63, 3.8) is 0 Å². The molecule has 0 aliphatic carbocycles. The van der Waals surface area contributed by atoms with E-state index in [1.54, 1.807) is 0 Å². The van der Waals surface area contributed by atoms with Crippen molar-refractivity contribution in [2.24, 2.45) is 5.92 Å². The molecule has 0 spiro atoms. The number of nitrogens with two attached hydrogens (primary N) is 1. The molecule has 1 aromatic carbocycles. The van der Waals surface area contributed by atoms with Gasteiger partial charge in [-0.05, 0) is 31.4 Å². The molecule has 0 aromatic heterocycles. The highest BCUT2D eigenvalue weighted by molar-refractivity contribution is 5.75. The summed E-state index contributed by atoms with van der Waals surface area (Å²) in [5.74, 6) is 1.63. The predicted octanol–water partition coefficient (Wildman–Crippen LogP) is 2.90. The Hall–Kier alpha value is -1.38. The maximum absolute atomic E-state index is 6.06. The van der Waals surface area contributed by atoms with Crippen molar-refractivity contribution in [2.75, 3.05) is 23.7 Å². The summed E-state index contributed by atoms with van der Waals surface area (Å²) >= 11 is 0. The molecule has 2 rings (SSSR count). The zero-order valence-electron chi connectivity index (χ0n) is 10.9. The zero-order chi connectivity index (χ0) is 12.4. The summed E-state index contributed by atoms with van der Waals surface area (Å²) in [7, 11) is 0. The molecule has 0 fully saturated rings. The second-order valence-electron chi connectivity index (χ2n) is 5.25. The minimum absolute atomic E-state index is 0.233. The quantitative estimate of drug-likeness (QED) is 0.817. The van der Waals surface area contributed by atoms with Crippen molar-refractivity contribution in [1.29, 1.82) is 0 Å². The first-order valence-electron chi connectivity index (χ1n) is 6.38. The van der Waals surface area contributed by atoms with Gasteiger partial charge < -0.3 is 15.4 Å². The summed E-state index contributed by atoms with van der Waals surface area (Å²) in [6.07, 6.45) is 1.41. The topological polar surface area (TPSA) is 38.5 Å². The van der Waals surface area contributed by atoms with Crippen molar-refractivity contribution >= 4 is 11.4 Å². The second-order valence-corrected chi connectivity index (χ2v) is 5.25. The molecule has 1 aliphatic heterocycles. The number of nitrogen functional groups attached to an aromatic ring is 1. The van der Waals surface area contributed by atoms with Crippen molar-refractivity contribution in [1.82, 2.24) is 0 Å². The number of hydrogen-bond donors (Lipinski definition) is 1. The highest BCUT2D eigenvalue weighted by Gasteiger charge is 2.24. The number of ether oxygens (including phenoxy) is 1. The first-order chi connectivity index (χ1) is 8.08. The molecule has 0 bridgehead atoms. The maximum Gasteiger partial charge on any atom is 0.145 e. The van der Waals surface area contributed by atoms with Crippen LogP contribution in [0.1, 0.15) is 27.2 Å². The van der Waals surface area contributed by atoms with E-state index in [0.717, 1.165) is 30.2 Å². The van der Waals surface area contributed by atoms with Crippen molar-refractivity contribution in [2.45, 2.75) is 33.3 Å². The minimum Gasteiger partial charge on any atom is -0.487 e. The molecule has 3 heteroatoms. The second kappa shape index (κ2) is 4.86. The van der Waals surface area contributed by atoms with Crippen LogP contribution in [0.3, 0.4) is 0 Å². The van der Waals surface area contributed by atoms with Gasteiger partial charge in [-0.25, -0.2) is 0 Å². The first-order valence-corrected chi connectivity index (χ1v) is 6.38. The van der Waals surface area contributed by atoms with Gasteiger partial charge >= 0.3 is 0 Å². The van der Waals surface area contributed by atoms with Gasteiger partial charge in [-0.1, -0.05) is 19.9 Å². The molecular weight excluding hydrogens is 212 g/mol. The van der Waals surface area contributed by atoms with Crippen LogP contribution in [-0.4, -0.2) is 19.2 Å². The molecule has 0 radical (unpaired) electrons.